The average molecular weight is 229 g/mol. The third kappa shape index (κ3) is 4.08. The normalized spacial score (nSPS) is 23.1. The summed E-state index contributed by atoms with van der Waals surface area (Å²) in [5, 5.41) is 2.98. The number of amides is 1. The molecule has 5 nitrogen and oxygen atoms in total. The van der Waals surface area contributed by atoms with Gasteiger partial charge in [-0.05, 0) is 20.8 Å². The minimum Gasteiger partial charge on any atom is -0.378 e. The Morgan fingerprint density at radius 2 is 2.25 bits per heavy atom. The minimum absolute atomic E-state index is 0.0284. The summed E-state index contributed by atoms with van der Waals surface area (Å²) in [5.74, 6) is 0.0284. The number of rotatable bonds is 3. The standard InChI is InChI=1S/C11H23N3O2/c1-11(2,3)13-10(15)9-8-16-7-6-14(9)5-4-12/h9H,4-8,12H2,1-3H3,(H,13,15). The molecule has 16 heavy (non-hydrogen) atoms. The Kier molecular flexibility index (Phi) is 4.70. The van der Waals surface area contributed by atoms with Gasteiger partial charge in [0.1, 0.15) is 6.04 Å². The molecule has 0 radical (unpaired) electrons. The summed E-state index contributed by atoms with van der Waals surface area (Å²) in [6, 6.07) is -0.198. The summed E-state index contributed by atoms with van der Waals surface area (Å²) in [5.41, 5.74) is 5.33. The predicted octanol–water partition coefficient (Wildman–Crippen LogP) is -0.439. The molecule has 1 amide bonds. The highest BCUT2D eigenvalue weighted by Gasteiger charge is 2.30. The highest BCUT2D eigenvalue weighted by molar-refractivity contribution is 5.82. The number of hydrogen-bond donors (Lipinski definition) is 2. The van der Waals surface area contributed by atoms with Crippen molar-refractivity contribution in [1.29, 1.82) is 0 Å². The Bertz CT molecular complexity index is 236. The first kappa shape index (κ1) is 13.4. The predicted molar refractivity (Wildman–Crippen MR) is 63.1 cm³/mol. The van der Waals surface area contributed by atoms with E-state index in [0.717, 1.165) is 13.1 Å². The molecule has 0 saturated carbocycles. The SMILES string of the molecule is CC(C)(C)NC(=O)C1COCCN1CCN. The zero-order chi connectivity index (χ0) is 12.2. The molecule has 0 spiro atoms. The Morgan fingerprint density at radius 1 is 1.56 bits per heavy atom. The van der Waals surface area contributed by atoms with Crippen molar-refractivity contribution in [2.45, 2.75) is 32.4 Å². The van der Waals surface area contributed by atoms with Crippen LogP contribution in [0.4, 0.5) is 0 Å². The van der Waals surface area contributed by atoms with Crippen LogP contribution < -0.4 is 11.1 Å². The van der Waals surface area contributed by atoms with Crippen LogP contribution in [0.25, 0.3) is 0 Å². The average Bonchev–Trinajstić information content (AvgIpc) is 2.16. The van der Waals surface area contributed by atoms with Gasteiger partial charge in [-0.3, -0.25) is 9.69 Å². The molecular formula is C11H23N3O2. The molecule has 3 N–H and O–H groups in total. The number of carbonyl (C=O) groups excluding carboxylic acids is 1. The van der Waals surface area contributed by atoms with Crippen LogP contribution in [0.1, 0.15) is 20.8 Å². The van der Waals surface area contributed by atoms with Gasteiger partial charge >= 0.3 is 0 Å². The Hall–Kier alpha value is -0.650. The largest absolute Gasteiger partial charge is 0.378 e. The molecule has 0 bridgehead atoms. The number of hydrogen-bond acceptors (Lipinski definition) is 4. The zero-order valence-electron chi connectivity index (χ0n) is 10.5. The third-order valence-corrected chi connectivity index (χ3v) is 2.46. The molecule has 0 aromatic heterocycles. The smallest absolute Gasteiger partial charge is 0.240 e. The number of morpholine rings is 1. The van der Waals surface area contributed by atoms with E-state index < -0.39 is 0 Å². The van der Waals surface area contributed by atoms with Crippen molar-refractivity contribution < 1.29 is 9.53 Å². The van der Waals surface area contributed by atoms with Gasteiger partial charge in [0.2, 0.25) is 5.91 Å². The molecule has 1 aliphatic rings. The van der Waals surface area contributed by atoms with Crippen molar-refractivity contribution in [2.75, 3.05) is 32.8 Å². The van der Waals surface area contributed by atoms with Crippen molar-refractivity contribution in [2.24, 2.45) is 5.73 Å². The van der Waals surface area contributed by atoms with Crippen LogP contribution in [0.2, 0.25) is 0 Å². The van der Waals surface area contributed by atoms with E-state index in [2.05, 4.69) is 10.2 Å². The highest BCUT2D eigenvalue weighted by atomic mass is 16.5. The van der Waals surface area contributed by atoms with Crippen molar-refractivity contribution in [3.8, 4) is 0 Å². The van der Waals surface area contributed by atoms with Crippen molar-refractivity contribution in [1.82, 2.24) is 10.2 Å². The maximum absolute atomic E-state index is 12.0. The topological polar surface area (TPSA) is 67.6 Å². The molecule has 1 saturated heterocycles. The van der Waals surface area contributed by atoms with Crippen molar-refractivity contribution >= 4 is 5.91 Å². The third-order valence-electron chi connectivity index (χ3n) is 2.46. The molecule has 1 unspecified atom stereocenters. The molecule has 1 heterocycles. The van der Waals surface area contributed by atoms with Crippen molar-refractivity contribution in [3.63, 3.8) is 0 Å². The van der Waals surface area contributed by atoms with Gasteiger partial charge in [0, 0.05) is 25.2 Å². The van der Waals surface area contributed by atoms with E-state index in [1.807, 2.05) is 20.8 Å². The second kappa shape index (κ2) is 5.61. The van der Waals surface area contributed by atoms with Crippen LogP contribution in [-0.2, 0) is 9.53 Å². The maximum atomic E-state index is 12.0. The summed E-state index contributed by atoms with van der Waals surface area (Å²) in [6.45, 7) is 9.15. The van der Waals surface area contributed by atoms with Gasteiger partial charge in [0.05, 0.1) is 13.2 Å². The van der Waals surface area contributed by atoms with Gasteiger partial charge in [0.15, 0.2) is 0 Å². The lowest BCUT2D eigenvalue weighted by Crippen LogP contribution is -2.57. The fourth-order valence-electron chi connectivity index (χ4n) is 1.77. The minimum atomic E-state index is -0.205. The van der Waals surface area contributed by atoms with Crippen LogP contribution in [0.3, 0.4) is 0 Å². The van der Waals surface area contributed by atoms with Gasteiger partial charge in [-0.25, -0.2) is 0 Å². The van der Waals surface area contributed by atoms with E-state index in [4.69, 9.17) is 10.5 Å². The van der Waals surface area contributed by atoms with E-state index in [9.17, 15) is 4.79 Å². The van der Waals surface area contributed by atoms with Gasteiger partial charge < -0.3 is 15.8 Å². The van der Waals surface area contributed by atoms with Gasteiger partial charge in [-0.1, -0.05) is 0 Å². The quantitative estimate of drug-likeness (QED) is 0.688. The summed E-state index contributed by atoms with van der Waals surface area (Å²) in [6.07, 6.45) is 0. The fourth-order valence-corrected chi connectivity index (χ4v) is 1.77. The summed E-state index contributed by atoms with van der Waals surface area (Å²) >= 11 is 0. The van der Waals surface area contributed by atoms with Gasteiger partial charge in [-0.15, -0.1) is 0 Å². The van der Waals surface area contributed by atoms with Gasteiger partial charge in [-0.2, -0.15) is 0 Å². The van der Waals surface area contributed by atoms with Gasteiger partial charge in [0.25, 0.3) is 0 Å². The summed E-state index contributed by atoms with van der Waals surface area (Å²) < 4.78 is 5.35. The van der Waals surface area contributed by atoms with E-state index in [0.29, 0.717) is 19.8 Å². The second-order valence-electron chi connectivity index (χ2n) is 5.15. The van der Waals surface area contributed by atoms with Crippen molar-refractivity contribution in [3.05, 3.63) is 0 Å². The first-order chi connectivity index (χ1) is 7.44. The molecule has 0 aromatic carbocycles. The van der Waals surface area contributed by atoms with Crippen LogP contribution >= 0.6 is 0 Å². The second-order valence-corrected chi connectivity index (χ2v) is 5.15. The van der Waals surface area contributed by atoms with E-state index >= 15 is 0 Å². The molecule has 1 aliphatic heterocycles. The molecule has 0 aromatic rings. The first-order valence-corrected chi connectivity index (χ1v) is 5.78. The zero-order valence-corrected chi connectivity index (χ0v) is 10.5. The van der Waals surface area contributed by atoms with E-state index in [1.54, 1.807) is 0 Å². The fraction of sp³-hybridized carbons (Fsp3) is 0.909. The highest BCUT2D eigenvalue weighted by Crippen LogP contribution is 2.08. The van der Waals surface area contributed by atoms with Crippen LogP contribution in [-0.4, -0.2) is 55.2 Å². The van der Waals surface area contributed by atoms with Crippen LogP contribution in [0.5, 0.6) is 0 Å². The molecule has 1 rings (SSSR count). The Labute approximate surface area is 97.3 Å². The van der Waals surface area contributed by atoms with E-state index in [1.165, 1.54) is 0 Å². The maximum Gasteiger partial charge on any atom is 0.240 e. The number of nitrogens with zero attached hydrogens (tertiary/aromatic N) is 1. The number of ether oxygens (including phenoxy) is 1. The van der Waals surface area contributed by atoms with Crippen LogP contribution in [0.15, 0.2) is 0 Å². The first-order valence-electron chi connectivity index (χ1n) is 5.78. The molecule has 1 fully saturated rings. The molecule has 1 atom stereocenters. The molecule has 0 aliphatic carbocycles. The van der Waals surface area contributed by atoms with E-state index in [-0.39, 0.29) is 17.5 Å². The number of carbonyl (C=O) groups is 1. The molecule has 5 heteroatoms. The lowest BCUT2D eigenvalue weighted by molar-refractivity contribution is -0.133. The Balaban J connectivity index is 2.57. The summed E-state index contributed by atoms with van der Waals surface area (Å²) in [4.78, 5) is 14.1. The van der Waals surface area contributed by atoms with Crippen LogP contribution in [0, 0.1) is 0 Å². The number of nitrogens with two attached hydrogens (primary N) is 1. The molecule has 94 valence electrons. The number of nitrogens with one attached hydrogen (secondary N) is 1. The summed E-state index contributed by atoms with van der Waals surface area (Å²) in [7, 11) is 0. The molecular weight excluding hydrogens is 206 g/mol. The lowest BCUT2D eigenvalue weighted by Gasteiger charge is -2.35. The monoisotopic (exact) mass is 229 g/mol. The lowest BCUT2D eigenvalue weighted by atomic mass is 10.1. The Morgan fingerprint density at radius 3 is 2.81 bits per heavy atom.